The summed E-state index contributed by atoms with van der Waals surface area (Å²) in [6, 6.07) is 11.3. The number of hydrazone groups is 1. The van der Waals surface area contributed by atoms with Gasteiger partial charge in [0.25, 0.3) is 5.91 Å². The number of rotatable bonds is 9. The fourth-order valence-corrected chi connectivity index (χ4v) is 2.52. The number of hydrogen-bond acceptors (Lipinski definition) is 5. The molecule has 144 valence electrons. The molecule has 0 unspecified atom stereocenters. The number of hydrogen-bond donors (Lipinski definition) is 1. The molecular formula is C21H26N2O4. The summed E-state index contributed by atoms with van der Waals surface area (Å²) in [6.07, 6.45) is 1.55. The van der Waals surface area contributed by atoms with Crippen molar-refractivity contribution in [2.24, 2.45) is 5.10 Å². The summed E-state index contributed by atoms with van der Waals surface area (Å²) in [4.78, 5) is 11.9. The van der Waals surface area contributed by atoms with Gasteiger partial charge >= 0.3 is 0 Å². The molecule has 0 aliphatic carbocycles. The lowest BCUT2D eigenvalue weighted by Crippen LogP contribution is -2.24. The van der Waals surface area contributed by atoms with Crippen molar-refractivity contribution in [2.45, 2.75) is 27.7 Å². The predicted octanol–water partition coefficient (Wildman–Crippen LogP) is 3.63. The number of benzene rings is 2. The van der Waals surface area contributed by atoms with Gasteiger partial charge in [0.2, 0.25) is 0 Å². The first-order valence-electron chi connectivity index (χ1n) is 8.94. The summed E-state index contributed by atoms with van der Waals surface area (Å²) in [5.41, 5.74) is 5.42. The minimum atomic E-state index is -0.332. The van der Waals surface area contributed by atoms with E-state index in [9.17, 15) is 4.79 Å². The lowest BCUT2D eigenvalue weighted by Gasteiger charge is -2.11. The first-order valence-corrected chi connectivity index (χ1v) is 8.94. The molecule has 6 nitrogen and oxygen atoms in total. The third-order valence-electron chi connectivity index (χ3n) is 3.54. The van der Waals surface area contributed by atoms with Crippen molar-refractivity contribution in [3.8, 4) is 17.2 Å². The Morgan fingerprint density at radius 2 is 1.63 bits per heavy atom. The monoisotopic (exact) mass is 370 g/mol. The van der Waals surface area contributed by atoms with Gasteiger partial charge in [-0.05, 0) is 74.7 Å². The molecule has 0 saturated heterocycles. The van der Waals surface area contributed by atoms with Crippen LogP contribution in [-0.2, 0) is 4.79 Å². The summed E-state index contributed by atoms with van der Waals surface area (Å²) in [5.74, 6) is 1.66. The van der Waals surface area contributed by atoms with Crippen LogP contribution in [0.25, 0.3) is 0 Å². The Bertz CT molecular complexity index is 783. The SMILES string of the molecule is CCOc1ccc(C=NNC(=O)COc2cc(C)cc(C)c2)cc1OCC. The van der Waals surface area contributed by atoms with Crippen LogP contribution in [0.1, 0.15) is 30.5 Å². The van der Waals surface area contributed by atoms with Crippen molar-refractivity contribution in [1.82, 2.24) is 5.43 Å². The Hall–Kier alpha value is -3.02. The maximum atomic E-state index is 11.9. The highest BCUT2D eigenvalue weighted by atomic mass is 16.5. The molecule has 6 heteroatoms. The zero-order chi connectivity index (χ0) is 19.6. The van der Waals surface area contributed by atoms with Gasteiger partial charge in [0, 0.05) is 0 Å². The molecule has 2 rings (SSSR count). The molecule has 0 fully saturated rings. The number of nitrogens with zero attached hydrogens (tertiary/aromatic N) is 1. The van der Waals surface area contributed by atoms with E-state index in [1.54, 1.807) is 6.21 Å². The van der Waals surface area contributed by atoms with Crippen LogP contribution in [0.3, 0.4) is 0 Å². The minimum Gasteiger partial charge on any atom is -0.490 e. The first-order chi connectivity index (χ1) is 13.0. The summed E-state index contributed by atoms with van der Waals surface area (Å²) in [7, 11) is 0. The van der Waals surface area contributed by atoms with E-state index < -0.39 is 0 Å². The molecular weight excluding hydrogens is 344 g/mol. The van der Waals surface area contributed by atoms with Crippen LogP contribution in [0.5, 0.6) is 17.2 Å². The van der Waals surface area contributed by atoms with E-state index in [1.165, 1.54) is 0 Å². The van der Waals surface area contributed by atoms with Crippen molar-refractivity contribution in [3.05, 3.63) is 53.1 Å². The minimum absolute atomic E-state index is 0.103. The van der Waals surface area contributed by atoms with Crippen LogP contribution in [0, 0.1) is 13.8 Å². The Labute approximate surface area is 160 Å². The van der Waals surface area contributed by atoms with Crippen molar-refractivity contribution in [3.63, 3.8) is 0 Å². The van der Waals surface area contributed by atoms with Gasteiger partial charge in [0.15, 0.2) is 18.1 Å². The largest absolute Gasteiger partial charge is 0.490 e. The maximum absolute atomic E-state index is 11.9. The van der Waals surface area contributed by atoms with E-state index in [1.807, 2.05) is 64.1 Å². The van der Waals surface area contributed by atoms with Crippen LogP contribution >= 0.6 is 0 Å². The topological polar surface area (TPSA) is 69.2 Å². The second-order valence-electron chi connectivity index (χ2n) is 5.98. The molecule has 2 aromatic carbocycles. The average molecular weight is 370 g/mol. The van der Waals surface area contributed by atoms with Gasteiger partial charge in [-0.25, -0.2) is 5.43 Å². The number of nitrogens with one attached hydrogen (secondary N) is 1. The van der Waals surface area contributed by atoms with E-state index >= 15 is 0 Å². The lowest BCUT2D eigenvalue weighted by atomic mass is 10.1. The molecule has 1 amide bonds. The fraction of sp³-hybridized carbons (Fsp3) is 0.333. The van der Waals surface area contributed by atoms with Gasteiger partial charge in [-0.2, -0.15) is 5.10 Å². The Kier molecular flexibility index (Phi) is 7.67. The van der Waals surface area contributed by atoms with Crippen LogP contribution in [0.4, 0.5) is 0 Å². The molecule has 0 aliphatic heterocycles. The average Bonchev–Trinajstić information content (AvgIpc) is 2.62. The van der Waals surface area contributed by atoms with Crippen LogP contribution in [0.15, 0.2) is 41.5 Å². The number of carbonyl (C=O) groups is 1. The molecule has 0 aliphatic rings. The summed E-state index contributed by atoms with van der Waals surface area (Å²) >= 11 is 0. The van der Waals surface area contributed by atoms with E-state index in [-0.39, 0.29) is 12.5 Å². The molecule has 27 heavy (non-hydrogen) atoms. The Morgan fingerprint density at radius 3 is 2.30 bits per heavy atom. The summed E-state index contributed by atoms with van der Waals surface area (Å²) in [5, 5.41) is 3.96. The smallest absolute Gasteiger partial charge is 0.277 e. The molecule has 0 radical (unpaired) electrons. The fourth-order valence-electron chi connectivity index (χ4n) is 2.52. The van der Waals surface area contributed by atoms with Gasteiger partial charge in [-0.1, -0.05) is 6.07 Å². The summed E-state index contributed by atoms with van der Waals surface area (Å²) < 4.78 is 16.6. The lowest BCUT2D eigenvalue weighted by molar-refractivity contribution is -0.123. The Balaban J connectivity index is 1.90. The van der Waals surface area contributed by atoms with Crippen LogP contribution in [0.2, 0.25) is 0 Å². The molecule has 0 atom stereocenters. The number of ether oxygens (including phenoxy) is 3. The molecule has 0 heterocycles. The third-order valence-corrected chi connectivity index (χ3v) is 3.54. The Morgan fingerprint density at radius 1 is 0.963 bits per heavy atom. The van der Waals surface area contributed by atoms with Crippen molar-refractivity contribution < 1.29 is 19.0 Å². The zero-order valence-electron chi connectivity index (χ0n) is 16.2. The molecule has 0 aromatic heterocycles. The highest BCUT2D eigenvalue weighted by molar-refractivity contribution is 5.83. The number of carbonyl (C=O) groups excluding carboxylic acids is 1. The van der Waals surface area contributed by atoms with Crippen molar-refractivity contribution >= 4 is 12.1 Å². The maximum Gasteiger partial charge on any atom is 0.277 e. The predicted molar refractivity (Wildman–Crippen MR) is 106 cm³/mol. The van der Waals surface area contributed by atoms with Gasteiger partial charge < -0.3 is 14.2 Å². The second kappa shape index (κ2) is 10.2. The number of aryl methyl sites for hydroxylation is 2. The van der Waals surface area contributed by atoms with E-state index in [0.29, 0.717) is 30.5 Å². The molecule has 1 N–H and O–H groups in total. The normalized spacial score (nSPS) is 10.7. The van der Waals surface area contributed by atoms with Crippen molar-refractivity contribution in [1.29, 1.82) is 0 Å². The van der Waals surface area contributed by atoms with Gasteiger partial charge in [-0.15, -0.1) is 0 Å². The molecule has 0 saturated carbocycles. The first kappa shape index (κ1) is 20.3. The highest BCUT2D eigenvalue weighted by Crippen LogP contribution is 2.27. The van der Waals surface area contributed by atoms with E-state index in [2.05, 4.69) is 10.5 Å². The standard InChI is InChI=1S/C21H26N2O4/c1-5-25-19-8-7-17(12-20(19)26-6-2)13-22-23-21(24)14-27-18-10-15(3)9-16(4)11-18/h7-13H,5-6,14H2,1-4H3,(H,23,24). The summed E-state index contributed by atoms with van der Waals surface area (Å²) in [6.45, 7) is 8.78. The van der Waals surface area contributed by atoms with Crippen LogP contribution in [-0.4, -0.2) is 31.9 Å². The van der Waals surface area contributed by atoms with Gasteiger partial charge in [0.1, 0.15) is 5.75 Å². The van der Waals surface area contributed by atoms with Crippen molar-refractivity contribution in [2.75, 3.05) is 19.8 Å². The molecule has 0 bridgehead atoms. The quantitative estimate of drug-likeness (QED) is 0.541. The zero-order valence-corrected chi connectivity index (χ0v) is 16.2. The third kappa shape index (κ3) is 6.66. The van der Waals surface area contributed by atoms with Gasteiger partial charge in [-0.3, -0.25) is 4.79 Å². The van der Waals surface area contributed by atoms with Gasteiger partial charge in [0.05, 0.1) is 19.4 Å². The highest BCUT2D eigenvalue weighted by Gasteiger charge is 2.06. The van der Waals surface area contributed by atoms with E-state index in [0.717, 1.165) is 16.7 Å². The molecule has 2 aromatic rings. The molecule has 0 spiro atoms. The van der Waals surface area contributed by atoms with E-state index in [4.69, 9.17) is 14.2 Å². The van der Waals surface area contributed by atoms with Crippen LogP contribution < -0.4 is 19.6 Å². The second-order valence-corrected chi connectivity index (χ2v) is 5.98. The number of amides is 1.